The maximum atomic E-state index is 14.4. The minimum Gasteiger partial charge on any atom is -0.496 e. The summed E-state index contributed by atoms with van der Waals surface area (Å²) >= 11 is 7.62. The number of hydrogen-bond acceptors (Lipinski definition) is 19. The molecule has 468 valence electrons. The van der Waals surface area contributed by atoms with Crippen LogP contribution in [0.25, 0.3) is 38.1 Å². The molecule has 0 saturated carbocycles. The van der Waals surface area contributed by atoms with Crippen molar-refractivity contribution in [3.05, 3.63) is 139 Å². The van der Waals surface area contributed by atoms with E-state index in [1.807, 2.05) is 81.7 Å². The summed E-state index contributed by atoms with van der Waals surface area (Å²) in [5.74, 6) is 1.98. The molecule has 7 heterocycles. The van der Waals surface area contributed by atoms with Crippen molar-refractivity contribution < 1.29 is 56.7 Å². The second-order valence-corrected chi connectivity index (χ2v) is 22.9. The Kier molecular flexibility index (Phi) is 23.5. The zero-order chi connectivity index (χ0) is 62.1. The van der Waals surface area contributed by atoms with Gasteiger partial charge in [0.2, 0.25) is 0 Å². The van der Waals surface area contributed by atoms with Crippen LogP contribution in [0.1, 0.15) is 125 Å². The van der Waals surface area contributed by atoms with Crippen LogP contribution in [0.15, 0.2) is 87.5 Å². The van der Waals surface area contributed by atoms with Gasteiger partial charge in [0.15, 0.2) is 17.4 Å². The standard InChI is InChI=1S/C65H77ClN8O13S/c1-41-40-87-44(4)58(41)50-35-52-49(36-56(50)79-6)61-54(38-68-52)72(65(78)73(61)43(3)51-16-9-10-22-67-51)39-48(75)15-13-25-83-28-27-81-23-11-8-12-24-82-29-31-85-33-34-86-32-30-84-26-14-17-55(76)62-42(2)59-60(46-18-20-47(66)21-19-46)69-53(37-57(77)80-7)63-71-70-45(5)74(63)64(59)88-62/h9-10,16,18-22,35-36,38,40,43,53H,8,11-15,17,23-34,37,39H2,1-7H3/t43-,53+/m1/s1. The van der Waals surface area contributed by atoms with E-state index in [1.54, 1.807) is 42.5 Å². The molecule has 6 aromatic heterocycles. The molecule has 88 heavy (non-hydrogen) atoms. The first kappa shape index (κ1) is 65.2. The number of unbranched alkanes of at least 4 members (excludes halogenated alkanes) is 2. The largest absolute Gasteiger partial charge is 0.496 e. The predicted octanol–water partition coefficient (Wildman–Crippen LogP) is 10.9. The number of ether oxygens (including phenoxy) is 8. The number of Topliss-reactive ketones (excluding diaryl/α,β-unsaturated/α-hetero) is 2. The van der Waals surface area contributed by atoms with Crippen LogP contribution in [-0.4, -0.2) is 151 Å². The summed E-state index contributed by atoms with van der Waals surface area (Å²) in [6, 6.07) is 15.7. The van der Waals surface area contributed by atoms with E-state index in [4.69, 9.17) is 63.9 Å². The van der Waals surface area contributed by atoms with E-state index in [9.17, 15) is 19.2 Å². The van der Waals surface area contributed by atoms with Gasteiger partial charge in [0.05, 0.1) is 131 Å². The Morgan fingerprint density at radius 1 is 0.750 bits per heavy atom. The van der Waals surface area contributed by atoms with E-state index in [2.05, 4.69) is 15.2 Å². The molecule has 8 aromatic rings. The Morgan fingerprint density at radius 2 is 1.40 bits per heavy atom. The molecule has 21 nitrogen and oxygen atoms in total. The van der Waals surface area contributed by atoms with Gasteiger partial charge in [-0.25, -0.2) is 4.79 Å². The maximum absolute atomic E-state index is 14.4. The third kappa shape index (κ3) is 15.8. The van der Waals surface area contributed by atoms with E-state index in [1.165, 1.54) is 23.0 Å². The molecule has 1 aliphatic heterocycles. The number of pyridine rings is 2. The number of carbonyl (C=O) groups is 3. The first-order chi connectivity index (χ1) is 42.8. The number of rotatable bonds is 36. The molecule has 0 fully saturated rings. The summed E-state index contributed by atoms with van der Waals surface area (Å²) in [5.41, 5.74) is 8.02. The first-order valence-corrected chi connectivity index (χ1v) is 31.0. The van der Waals surface area contributed by atoms with Crippen molar-refractivity contribution in [3.8, 4) is 21.9 Å². The Balaban J connectivity index is 0.595. The van der Waals surface area contributed by atoms with E-state index < -0.39 is 18.1 Å². The van der Waals surface area contributed by atoms with Crippen molar-refractivity contribution in [2.24, 2.45) is 4.99 Å². The van der Waals surface area contributed by atoms with Gasteiger partial charge in [-0.2, -0.15) is 0 Å². The molecule has 1 aliphatic rings. The molecule has 0 unspecified atom stereocenters. The van der Waals surface area contributed by atoms with Gasteiger partial charge in [0.1, 0.15) is 28.4 Å². The highest BCUT2D eigenvalue weighted by Crippen LogP contribution is 2.42. The number of halogens is 1. The molecular weight excluding hydrogens is 1170 g/mol. The van der Waals surface area contributed by atoms with E-state index >= 15 is 0 Å². The molecule has 0 amide bonds. The third-order valence-electron chi connectivity index (χ3n) is 15.3. The highest BCUT2D eigenvalue weighted by atomic mass is 35.5. The van der Waals surface area contributed by atoms with Crippen LogP contribution in [0.2, 0.25) is 5.02 Å². The van der Waals surface area contributed by atoms with Crippen LogP contribution in [0.3, 0.4) is 0 Å². The van der Waals surface area contributed by atoms with Crippen LogP contribution in [0.4, 0.5) is 0 Å². The van der Waals surface area contributed by atoms with Crippen molar-refractivity contribution in [1.29, 1.82) is 0 Å². The van der Waals surface area contributed by atoms with E-state index in [-0.39, 0.29) is 36.6 Å². The third-order valence-corrected chi connectivity index (χ3v) is 16.9. The number of methoxy groups -OCH3 is 2. The Labute approximate surface area is 520 Å². The first-order valence-electron chi connectivity index (χ1n) is 29.8. The van der Waals surface area contributed by atoms with Crippen LogP contribution in [0, 0.1) is 27.7 Å². The zero-order valence-electron chi connectivity index (χ0n) is 51.1. The quantitative estimate of drug-likeness (QED) is 0.0202. The molecular formula is C65H77ClN8O13S. The lowest BCUT2D eigenvalue weighted by Crippen LogP contribution is -2.29. The number of aryl methyl sites for hydroxylation is 3. The van der Waals surface area contributed by atoms with Gasteiger partial charge in [0.25, 0.3) is 0 Å². The summed E-state index contributed by atoms with van der Waals surface area (Å²) < 4.78 is 56.1. The van der Waals surface area contributed by atoms with Gasteiger partial charge >= 0.3 is 11.7 Å². The fourth-order valence-electron chi connectivity index (χ4n) is 10.9. The van der Waals surface area contributed by atoms with Crippen LogP contribution in [-0.2, 0) is 49.3 Å². The zero-order valence-corrected chi connectivity index (χ0v) is 52.7. The molecule has 0 aliphatic carbocycles. The predicted molar refractivity (Wildman–Crippen MR) is 335 cm³/mol. The average molecular weight is 1250 g/mol. The number of carbonyl (C=O) groups excluding carboxylic acids is 3. The summed E-state index contributed by atoms with van der Waals surface area (Å²) in [4.78, 5) is 69.1. The lowest BCUT2D eigenvalue weighted by atomic mass is 9.98. The number of thiophene rings is 1. The van der Waals surface area contributed by atoms with Gasteiger partial charge < -0.3 is 42.3 Å². The molecule has 0 spiro atoms. The number of esters is 1. The Hall–Kier alpha value is -7.28. The van der Waals surface area contributed by atoms with Crippen molar-refractivity contribution in [2.75, 3.05) is 93.5 Å². The lowest BCUT2D eigenvalue weighted by molar-refractivity contribution is -0.141. The van der Waals surface area contributed by atoms with Crippen LogP contribution < -0.4 is 10.4 Å². The second-order valence-electron chi connectivity index (χ2n) is 21.4. The molecule has 23 heteroatoms. The molecule has 0 radical (unpaired) electrons. The molecule has 2 atom stereocenters. The lowest BCUT2D eigenvalue weighted by Gasteiger charge is -2.15. The number of furan rings is 1. The fraction of sp³-hybridized carbons (Fsp3) is 0.462. The summed E-state index contributed by atoms with van der Waals surface area (Å²) in [6.07, 6.45) is 9.47. The number of aliphatic imine (C=N–C) groups is 1. The van der Waals surface area contributed by atoms with Gasteiger partial charge in [-0.05, 0) is 114 Å². The van der Waals surface area contributed by atoms with Gasteiger partial charge in [-0.1, -0.05) is 29.8 Å². The molecule has 2 aromatic carbocycles. The molecule has 0 saturated heterocycles. The van der Waals surface area contributed by atoms with Crippen molar-refractivity contribution in [3.63, 3.8) is 0 Å². The Morgan fingerprint density at radius 3 is 2.01 bits per heavy atom. The monoisotopic (exact) mass is 1240 g/mol. The van der Waals surface area contributed by atoms with Crippen molar-refractivity contribution in [2.45, 2.75) is 105 Å². The molecule has 9 rings (SSSR count). The summed E-state index contributed by atoms with van der Waals surface area (Å²) in [5, 5.41) is 10.8. The molecule has 0 bridgehead atoms. The number of fused-ring (bicyclic) bond motifs is 6. The smallest absolute Gasteiger partial charge is 0.330 e. The fourth-order valence-corrected chi connectivity index (χ4v) is 12.3. The number of nitrogens with zero attached hydrogens (tertiary/aromatic N) is 8. The normalized spacial score (nSPS) is 13.4. The van der Waals surface area contributed by atoms with E-state index in [0.29, 0.717) is 154 Å². The molecule has 0 N–H and O–H groups in total. The van der Waals surface area contributed by atoms with Gasteiger partial charge in [-0.15, -0.1) is 21.5 Å². The number of aromatic nitrogens is 7. The van der Waals surface area contributed by atoms with Gasteiger partial charge in [-0.3, -0.25) is 43.0 Å². The highest BCUT2D eigenvalue weighted by molar-refractivity contribution is 7.17. The number of ketones is 2. The van der Waals surface area contributed by atoms with Gasteiger partial charge in [0, 0.05) is 78.1 Å². The van der Waals surface area contributed by atoms with Crippen LogP contribution >= 0.6 is 22.9 Å². The topological polar surface area (TPSA) is 234 Å². The SMILES string of the molecule is COC(=O)C[C@@H]1N=C(c2ccc(Cl)cc2)c2c(sc(C(=O)CCCOCCOCCOCCOCCCCCOCCOCCCC(=O)Cn3c(=O)n([C@H](C)c4ccccn4)c4c5cc(OC)c(-c6c(C)coc6C)cc5ncc43)c2C)-n2c(C)nnc21. The maximum Gasteiger partial charge on any atom is 0.330 e. The minimum atomic E-state index is -0.652. The highest BCUT2D eigenvalue weighted by Gasteiger charge is 2.34. The summed E-state index contributed by atoms with van der Waals surface area (Å²) in [7, 11) is 2.96. The number of hydrogen-bond donors (Lipinski definition) is 0. The number of benzene rings is 2. The van der Waals surface area contributed by atoms with Crippen molar-refractivity contribution >= 4 is 68.1 Å². The minimum absolute atomic E-state index is 0.00228. The van der Waals surface area contributed by atoms with Crippen molar-refractivity contribution in [1.82, 2.24) is 33.9 Å². The van der Waals surface area contributed by atoms with E-state index in [0.717, 1.165) is 68.8 Å². The number of imidazole rings is 1. The average Bonchev–Trinajstić information content (AvgIpc) is 1.62. The van der Waals surface area contributed by atoms with Crippen LogP contribution in [0.5, 0.6) is 5.75 Å². The Bertz CT molecular complexity index is 3740. The summed E-state index contributed by atoms with van der Waals surface area (Å²) in [6.45, 7) is 15.1. The second kappa shape index (κ2) is 31.8.